The van der Waals surface area contributed by atoms with E-state index in [1.165, 1.54) is 18.9 Å². The number of ether oxygens (including phenoxy) is 1. The van der Waals surface area contributed by atoms with E-state index in [2.05, 4.69) is 16.8 Å². The second-order valence-electron chi connectivity index (χ2n) is 8.03. The molecule has 2 aliphatic rings. The van der Waals surface area contributed by atoms with Crippen molar-refractivity contribution in [2.45, 2.75) is 51.3 Å². The predicted octanol–water partition coefficient (Wildman–Crippen LogP) is 3.89. The lowest BCUT2D eigenvalue weighted by Gasteiger charge is -2.31. The van der Waals surface area contributed by atoms with E-state index >= 15 is 0 Å². The van der Waals surface area contributed by atoms with Crippen molar-refractivity contribution >= 4 is 5.91 Å². The summed E-state index contributed by atoms with van der Waals surface area (Å²) in [7, 11) is 0. The summed E-state index contributed by atoms with van der Waals surface area (Å²) in [5, 5.41) is 0. The Morgan fingerprint density at radius 1 is 1.21 bits per heavy atom. The Bertz CT molecular complexity index is 845. The Labute approximate surface area is 171 Å². The van der Waals surface area contributed by atoms with Gasteiger partial charge in [-0.15, -0.1) is 0 Å². The number of halogens is 1. The number of benzene rings is 1. The molecular weight excluding hydrogens is 369 g/mol. The quantitative estimate of drug-likeness (QED) is 0.742. The summed E-state index contributed by atoms with van der Waals surface area (Å²) in [4.78, 5) is 21.5. The smallest absolute Gasteiger partial charge is 0.257 e. The van der Waals surface area contributed by atoms with Gasteiger partial charge in [-0.2, -0.15) is 0 Å². The lowest BCUT2D eigenvalue weighted by molar-refractivity contribution is 0.0692. The van der Waals surface area contributed by atoms with Crippen LogP contribution < -0.4 is 4.74 Å². The number of hydrogen-bond donors (Lipinski definition) is 0. The van der Waals surface area contributed by atoms with Gasteiger partial charge in [-0.3, -0.25) is 14.7 Å². The number of likely N-dealkylation sites (tertiary alicyclic amines) is 2. The fourth-order valence-electron chi connectivity index (χ4n) is 4.38. The van der Waals surface area contributed by atoms with E-state index in [9.17, 15) is 9.18 Å². The molecule has 0 bridgehead atoms. The number of nitrogens with zero attached hydrogens (tertiary/aromatic N) is 3. The molecule has 0 radical (unpaired) electrons. The van der Waals surface area contributed by atoms with Crippen LogP contribution in [0, 0.1) is 5.82 Å². The molecule has 1 unspecified atom stereocenters. The predicted molar refractivity (Wildman–Crippen MR) is 109 cm³/mol. The first-order chi connectivity index (χ1) is 14.1. The topological polar surface area (TPSA) is 45.7 Å². The zero-order valence-electron chi connectivity index (χ0n) is 16.9. The molecule has 29 heavy (non-hydrogen) atoms. The van der Waals surface area contributed by atoms with Crippen molar-refractivity contribution in [3.8, 4) is 5.75 Å². The second kappa shape index (κ2) is 8.91. The minimum Gasteiger partial charge on any atom is -0.487 e. The molecule has 1 aromatic carbocycles. The molecule has 6 heteroatoms. The Morgan fingerprint density at radius 2 is 2.07 bits per heavy atom. The molecule has 154 valence electrons. The van der Waals surface area contributed by atoms with Crippen LogP contribution in [0.2, 0.25) is 0 Å². The van der Waals surface area contributed by atoms with Gasteiger partial charge < -0.3 is 9.64 Å². The second-order valence-corrected chi connectivity index (χ2v) is 8.03. The first-order valence-corrected chi connectivity index (χ1v) is 10.5. The first-order valence-electron chi connectivity index (χ1n) is 10.5. The maximum atomic E-state index is 14.7. The summed E-state index contributed by atoms with van der Waals surface area (Å²) in [6, 6.07) is 10.8. The van der Waals surface area contributed by atoms with Crippen LogP contribution in [0.5, 0.6) is 5.75 Å². The van der Waals surface area contributed by atoms with E-state index in [4.69, 9.17) is 4.74 Å². The largest absolute Gasteiger partial charge is 0.487 e. The number of carbonyl (C=O) groups is 1. The molecule has 3 heterocycles. The van der Waals surface area contributed by atoms with Crippen molar-refractivity contribution in [1.29, 1.82) is 0 Å². The Kier molecular flexibility index (Phi) is 6.09. The van der Waals surface area contributed by atoms with Crippen LogP contribution in [0.1, 0.15) is 48.7 Å². The standard InChI is InChI=1S/C23H28FN3O2/c1-17-6-4-12-26(17)15-19-8-5-13-27(19)23(28)21-10-9-20(14-22(21)24)29-16-18-7-2-3-11-25-18/h2-3,7,9-11,14,17,19H,4-6,8,12-13,15-16H2,1H3/t17-,19?/m0/s1. The maximum absolute atomic E-state index is 14.7. The molecule has 5 nitrogen and oxygen atoms in total. The van der Waals surface area contributed by atoms with Crippen LogP contribution in [0.15, 0.2) is 42.6 Å². The Balaban J connectivity index is 1.41. The monoisotopic (exact) mass is 397 g/mol. The fourth-order valence-corrected chi connectivity index (χ4v) is 4.38. The number of carbonyl (C=O) groups excluding carboxylic acids is 1. The van der Waals surface area contributed by atoms with Crippen molar-refractivity contribution in [2.75, 3.05) is 19.6 Å². The minimum atomic E-state index is -0.534. The maximum Gasteiger partial charge on any atom is 0.257 e. The summed E-state index contributed by atoms with van der Waals surface area (Å²) < 4.78 is 20.3. The summed E-state index contributed by atoms with van der Waals surface area (Å²) in [5.74, 6) is -0.351. The molecule has 4 rings (SSSR count). The van der Waals surface area contributed by atoms with E-state index in [-0.39, 0.29) is 24.1 Å². The molecule has 1 amide bonds. The van der Waals surface area contributed by atoms with Crippen LogP contribution in [0.4, 0.5) is 4.39 Å². The van der Waals surface area contributed by atoms with E-state index in [0.717, 1.165) is 31.6 Å². The van der Waals surface area contributed by atoms with Crippen LogP contribution in [-0.2, 0) is 6.61 Å². The highest BCUT2D eigenvalue weighted by atomic mass is 19.1. The molecule has 0 spiro atoms. The van der Waals surface area contributed by atoms with E-state index < -0.39 is 5.82 Å². The van der Waals surface area contributed by atoms with Crippen molar-refractivity contribution in [1.82, 2.24) is 14.8 Å². The first kappa shape index (κ1) is 19.8. The number of hydrogen-bond acceptors (Lipinski definition) is 4. The summed E-state index contributed by atoms with van der Waals surface area (Å²) in [6.07, 6.45) is 6.09. The Morgan fingerprint density at radius 3 is 2.79 bits per heavy atom. The number of amides is 1. The summed E-state index contributed by atoms with van der Waals surface area (Å²) in [6.45, 7) is 5.19. The summed E-state index contributed by atoms with van der Waals surface area (Å²) >= 11 is 0. The lowest BCUT2D eigenvalue weighted by Crippen LogP contribution is -2.44. The van der Waals surface area contributed by atoms with E-state index in [0.29, 0.717) is 18.3 Å². The van der Waals surface area contributed by atoms with Crippen LogP contribution >= 0.6 is 0 Å². The van der Waals surface area contributed by atoms with E-state index in [1.807, 2.05) is 23.1 Å². The molecule has 0 N–H and O–H groups in total. The van der Waals surface area contributed by atoms with Gasteiger partial charge in [0.2, 0.25) is 0 Å². The average Bonchev–Trinajstić information content (AvgIpc) is 3.36. The van der Waals surface area contributed by atoms with Gasteiger partial charge in [0.25, 0.3) is 5.91 Å². The number of rotatable bonds is 6. The zero-order valence-corrected chi connectivity index (χ0v) is 16.9. The number of aromatic nitrogens is 1. The fraction of sp³-hybridized carbons (Fsp3) is 0.478. The van der Waals surface area contributed by atoms with Gasteiger partial charge in [0.15, 0.2) is 0 Å². The molecule has 2 aliphatic heterocycles. The van der Waals surface area contributed by atoms with Crippen molar-refractivity contribution < 1.29 is 13.9 Å². The third kappa shape index (κ3) is 4.58. The van der Waals surface area contributed by atoms with Gasteiger partial charge in [-0.25, -0.2) is 4.39 Å². The number of pyridine rings is 1. The molecule has 2 atom stereocenters. The highest BCUT2D eigenvalue weighted by Gasteiger charge is 2.33. The Hall–Kier alpha value is -2.47. The highest BCUT2D eigenvalue weighted by Crippen LogP contribution is 2.26. The molecule has 2 fully saturated rings. The van der Waals surface area contributed by atoms with Crippen LogP contribution in [0.3, 0.4) is 0 Å². The minimum absolute atomic E-state index is 0.122. The van der Waals surface area contributed by atoms with Crippen molar-refractivity contribution in [2.24, 2.45) is 0 Å². The molecule has 1 aromatic heterocycles. The summed E-state index contributed by atoms with van der Waals surface area (Å²) in [5.41, 5.74) is 0.890. The third-order valence-corrected chi connectivity index (χ3v) is 6.06. The van der Waals surface area contributed by atoms with Gasteiger partial charge in [0.05, 0.1) is 11.3 Å². The zero-order chi connectivity index (χ0) is 20.2. The molecule has 2 aromatic rings. The molecule has 2 saturated heterocycles. The van der Waals surface area contributed by atoms with Crippen LogP contribution in [-0.4, -0.2) is 52.4 Å². The lowest BCUT2D eigenvalue weighted by atomic mass is 10.1. The molecular formula is C23H28FN3O2. The van der Waals surface area contributed by atoms with Gasteiger partial charge in [-0.1, -0.05) is 6.07 Å². The van der Waals surface area contributed by atoms with E-state index in [1.54, 1.807) is 18.3 Å². The van der Waals surface area contributed by atoms with Crippen molar-refractivity contribution in [3.05, 3.63) is 59.7 Å². The average molecular weight is 397 g/mol. The SMILES string of the molecule is C[C@H]1CCCN1CC1CCCN1C(=O)c1ccc(OCc2ccccn2)cc1F. The normalized spacial score (nSPS) is 22.2. The van der Waals surface area contributed by atoms with Gasteiger partial charge in [-0.05, 0) is 63.4 Å². The van der Waals surface area contributed by atoms with Crippen molar-refractivity contribution in [3.63, 3.8) is 0 Å². The van der Waals surface area contributed by atoms with Gasteiger partial charge >= 0.3 is 0 Å². The molecule has 0 aliphatic carbocycles. The van der Waals surface area contributed by atoms with Gasteiger partial charge in [0, 0.05) is 37.4 Å². The van der Waals surface area contributed by atoms with Gasteiger partial charge in [0.1, 0.15) is 18.2 Å². The van der Waals surface area contributed by atoms with Crippen LogP contribution in [0.25, 0.3) is 0 Å². The highest BCUT2D eigenvalue weighted by molar-refractivity contribution is 5.95. The third-order valence-electron chi connectivity index (χ3n) is 6.06. The molecule has 0 saturated carbocycles.